The first-order chi connectivity index (χ1) is 14.1. The van der Waals surface area contributed by atoms with Crippen molar-refractivity contribution >= 4 is 12.1 Å². The summed E-state index contributed by atoms with van der Waals surface area (Å²) in [5.41, 5.74) is 2.03. The van der Waals surface area contributed by atoms with Crippen molar-refractivity contribution in [2.75, 3.05) is 7.11 Å². The van der Waals surface area contributed by atoms with Crippen LogP contribution in [0.4, 0.5) is 4.79 Å². The van der Waals surface area contributed by atoms with Crippen LogP contribution in [0.15, 0.2) is 60.9 Å². The molecule has 0 bridgehead atoms. The van der Waals surface area contributed by atoms with Crippen LogP contribution in [0.1, 0.15) is 18.5 Å². The topological polar surface area (TPSA) is 108 Å². The molecule has 0 saturated heterocycles. The predicted molar refractivity (Wildman–Crippen MR) is 104 cm³/mol. The molecule has 0 spiro atoms. The van der Waals surface area contributed by atoms with E-state index >= 15 is 0 Å². The fourth-order valence-electron chi connectivity index (χ4n) is 2.66. The average molecular weight is 395 g/mol. The van der Waals surface area contributed by atoms with E-state index in [-0.39, 0.29) is 6.61 Å². The van der Waals surface area contributed by atoms with Crippen LogP contribution >= 0.6 is 0 Å². The molecule has 9 heteroatoms. The summed E-state index contributed by atoms with van der Waals surface area (Å²) >= 11 is 0. The number of alkyl carbamates (subject to hydrolysis) is 1. The van der Waals surface area contributed by atoms with Gasteiger partial charge in [-0.3, -0.25) is 4.98 Å². The maximum absolute atomic E-state index is 12.2. The van der Waals surface area contributed by atoms with Crippen molar-refractivity contribution in [1.82, 2.24) is 25.3 Å². The van der Waals surface area contributed by atoms with Gasteiger partial charge in [-0.1, -0.05) is 41.6 Å². The summed E-state index contributed by atoms with van der Waals surface area (Å²) < 4.78 is 11.5. The minimum absolute atomic E-state index is 0.0854. The molecular weight excluding hydrogens is 374 g/mol. The Kier molecular flexibility index (Phi) is 6.51. The van der Waals surface area contributed by atoms with E-state index in [0.29, 0.717) is 11.4 Å². The van der Waals surface area contributed by atoms with Crippen LogP contribution in [0.25, 0.3) is 11.4 Å². The number of hydrogen-bond donors (Lipinski definition) is 1. The fraction of sp³-hybridized carbons (Fsp3) is 0.250. The Balaban J connectivity index is 1.68. The normalized spacial score (nSPS) is 12.6. The molecule has 3 aromatic rings. The molecule has 3 rings (SSSR count). The zero-order valence-corrected chi connectivity index (χ0v) is 16.1. The van der Waals surface area contributed by atoms with Crippen molar-refractivity contribution in [1.29, 1.82) is 0 Å². The second kappa shape index (κ2) is 9.45. The quantitative estimate of drug-likeness (QED) is 0.612. The molecule has 29 heavy (non-hydrogen) atoms. The molecule has 2 atom stereocenters. The molecule has 0 radical (unpaired) electrons. The molecule has 1 amide bonds. The summed E-state index contributed by atoms with van der Waals surface area (Å²) in [7, 11) is 1.25. The summed E-state index contributed by atoms with van der Waals surface area (Å²) in [6, 6.07) is 13.1. The van der Waals surface area contributed by atoms with Crippen LogP contribution < -0.4 is 5.32 Å². The van der Waals surface area contributed by atoms with Crippen molar-refractivity contribution in [3.63, 3.8) is 0 Å². The van der Waals surface area contributed by atoms with E-state index in [1.807, 2.05) is 36.4 Å². The van der Waals surface area contributed by atoms with Gasteiger partial charge in [-0.25, -0.2) is 14.3 Å². The monoisotopic (exact) mass is 395 g/mol. The van der Waals surface area contributed by atoms with Gasteiger partial charge in [0, 0.05) is 6.20 Å². The predicted octanol–water partition coefficient (Wildman–Crippen LogP) is 2.37. The third-order valence-corrected chi connectivity index (χ3v) is 4.28. The largest absolute Gasteiger partial charge is 0.467 e. The maximum Gasteiger partial charge on any atom is 0.408 e. The van der Waals surface area contributed by atoms with Gasteiger partial charge in [-0.2, -0.15) is 0 Å². The van der Waals surface area contributed by atoms with Crippen LogP contribution in [0.2, 0.25) is 0 Å². The highest BCUT2D eigenvalue weighted by Crippen LogP contribution is 2.17. The zero-order valence-electron chi connectivity index (χ0n) is 16.1. The second-order valence-electron chi connectivity index (χ2n) is 6.25. The van der Waals surface area contributed by atoms with E-state index in [2.05, 4.69) is 20.6 Å². The molecule has 0 fully saturated rings. The molecule has 150 valence electrons. The number of ether oxygens (including phenoxy) is 2. The Hall–Kier alpha value is -3.75. The van der Waals surface area contributed by atoms with Crippen LogP contribution in [0.5, 0.6) is 0 Å². The number of carbonyl (C=O) groups is 2. The lowest BCUT2D eigenvalue weighted by Crippen LogP contribution is -2.46. The third-order valence-electron chi connectivity index (χ3n) is 4.28. The minimum atomic E-state index is -1.01. The number of nitrogens with zero attached hydrogens (tertiary/aromatic N) is 4. The van der Waals surface area contributed by atoms with Crippen molar-refractivity contribution in [2.45, 2.75) is 25.6 Å². The van der Waals surface area contributed by atoms with E-state index in [9.17, 15) is 9.59 Å². The number of pyridine rings is 1. The second-order valence-corrected chi connectivity index (χ2v) is 6.25. The molecule has 1 N–H and O–H groups in total. The highest BCUT2D eigenvalue weighted by Gasteiger charge is 2.30. The van der Waals surface area contributed by atoms with Crippen LogP contribution in [0.3, 0.4) is 0 Å². The van der Waals surface area contributed by atoms with E-state index in [1.54, 1.807) is 31.5 Å². The molecule has 1 aromatic carbocycles. The molecule has 2 heterocycles. The lowest BCUT2D eigenvalue weighted by atomic mass is 10.1. The van der Waals surface area contributed by atoms with Gasteiger partial charge in [0.1, 0.15) is 12.3 Å². The first-order valence-electron chi connectivity index (χ1n) is 8.96. The van der Waals surface area contributed by atoms with E-state index in [4.69, 9.17) is 9.47 Å². The Morgan fingerprint density at radius 1 is 1.10 bits per heavy atom. The van der Waals surface area contributed by atoms with Crippen molar-refractivity contribution in [3.05, 3.63) is 66.5 Å². The number of aromatic nitrogens is 4. The molecule has 0 unspecified atom stereocenters. The molecule has 0 saturated carbocycles. The smallest absolute Gasteiger partial charge is 0.408 e. The first kappa shape index (κ1) is 20.0. The summed E-state index contributed by atoms with van der Waals surface area (Å²) in [5.74, 6) is -0.621. The van der Waals surface area contributed by atoms with Crippen molar-refractivity contribution < 1.29 is 19.1 Å². The summed E-state index contributed by atoms with van der Waals surface area (Å²) in [6.07, 6.45) is 2.57. The van der Waals surface area contributed by atoms with Gasteiger partial charge < -0.3 is 14.8 Å². The molecule has 0 aliphatic heterocycles. The summed E-state index contributed by atoms with van der Waals surface area (Å²) in [4.78, 5) is 28.7. The van der Waals surface area contributed by atoms with E-state index < -0.39 is 24.1 Å². The molecule has 9 nitrogen and oxygen atoms in total. The number of rotatable bonds is 7. The number of carbonyl (C=O) groups excluding carboxylic acids is 2. The van der Waals surface area contributed by atoms with E-state index in [0.717, 1.165) is 5.56 Å². The van der Waals surface area contributed by atoms with Gasteiger partial charge in [0.15, 0.2) is 6.04 Å². The van der Waals surface area contributed by atoms with Crippen molar-refractivity contribution in [2.24, 2.45) is 0 Å². The van der Waals surface area contributed by atoms with Gasteiger partial charge in [0.2, 0.25) is 0 Å². The van der Waals surface area contributed by atoms with Gasteiger partial charge in [0.05, 0.1) is 25.0 Å². The van der Waals surface area contributed by atoms with Crippen LogP contribution in [-0.2, 0) is 20.9 Å². The Bertz CT molecular complexity index is 946. The number of amides is 1. The number of benzene rings is 1. The number of hydrogen-bond acceptors (Lipinski definition) is 7. The van der Waals surface area contributed by atoms with Gasteiger partial charge in [-0.15, -0.1) is 5.10 Å². The maximum atomic E-state index is 12.2. The van der Waals surface area contributed by atoms with Crippen LogP contribution in [0, 0.1) is 0 Å². The number of esters is 1. The molecule has 0 aliphatic rings. The standard InChI is InChI=1S/C20H21N5O4/c1-14(25-12-17(23-24-25)16-10-6-7-11-21-16)18(19(26)28-2)22-20(27)29-13-15-8-4-3-5-9-15/h3-12,14,18H,13H2,1-2H3,(H,22,27)/t14-,18-/m0/s1. The van der Waals surface area contributed by atoms with Gasteiger partial charge in [-0.05, 0) is 24.6 Å². The van der Waals surface area contributed by atoms with Gasteiger partial charge >= 0.3 is 12.1 Å². The fourth-order valence-corrected chi connectivity index (χ4v) is 2.66. The average Bonchev–Trinajstić information content (AvgIpc) is 3.27. The minimum Gasteiger partial charge on any atom is -0.467 e. The van der Waals surface area contributed by atoms with E-state index in [1.165, 1.54) is 11.8 Å². The van der Waals surface area contributed by atoms with Crippen molar-refractivity contribution in [3.8, 4) is 11.4 Å². The lowest BCUT2D eigenvalue weighted by Gasteiger charge is -2.22. The summed E-state index contributed by atoms with van der Waals surface area (Å²) in [6.45, 7) is 1.80. The Morgan fingerprint density at radius 3 is 2.55 bits per heavy atom. The lowest BCUT2D eigenvalue weighted by molar-refractivity contribution is -0.144. The number of nitrogens with one attached hydrogen (secondary N) is 1. The Morgan fingerprint density at radius 2 is 1.86 bits per heavy atom. The SMILES string of the molecule is COC(=O)[C@@H](NC(=O)OCc1ccccc1)[C@H](C)n1cc(-c2ccccn2)nn1. The summed E-state index contributed by atoms with van der Waals surface area (Å²) in [5, 5.41) is 10.7. The molecule has 2 aromatic heterocycles. The third kappa shape index (κ3) is 5.16. The van der Waals surface area contributed by atoms with Gasteiger partial charge in [0.25, 0.3) is 0 Å². The number of methoxy groups -OCH3 is 1. The first-order valence-corrected chi connectivity index (χ1v) is 8.96. The highest BCUT2D eigenvalue weighted by atomic mass is 16.6. The van der Waals surface area contributed by atoms with Crippen LogP contribution in [-0.4, -0.2) is 45.2 Å². The zero-order chi connectivity index (χ0) is 20.6. The highest BCUT2D eigenvalue weighted by molar-refractivity contribution is 5.81. The molecular formula is C20H21N5O4. The molecule has 0 aliphatic carbocycles. The Labute approximate surface area is 167 Å².